The molecule has 3 amide bonds. The van der Waals surface area contributed by atoms with Gasteiger partial charge in [-0.2, -0.15) is 0 Å². The fourth-order valence-electron chi connectivity index (χ4n) is 2.15. The summed E-state index contributed by atoms with van der Waals surface area (Å²) in [6.45, 7) is 10.4. The van der Waals surface area contributed by atoms with Crippen LogP contribution < -0.4 is 20.9 Å². The monoisotopic (exact) mass is 349 g/mol. The molecule has 0 aliphatic carbocycles. The first kappa shape index (κ1) is 20.5. The number of hydrazine groups is 1. The molecule has 1 aromatic carbocycles. The molecule has 25 heavy (non-hydrogen) atoms. The van der Waals surface area contributed by atoms with E-state index in [2.05, 4.69) is 16.2 Å². The summed E-state index contributed by atoms with van der Waals surface area (Å²) < 4.78 is 5.66. The van der Waals surface area contributed by atoms with Gasteiger partial charge in [0.05, 0.1) is 0 Å². The van der Waals surface area contributed by atoms with E-state index in [4.69, 9.17) is 4.74 Å². The van der Waals surface area contributed by atoms with Crippen LogP contribution in [0.4, 0.5) is 0 Å². The van der Waals surface area contributed by atoms with Crippen LogP contribution in [0.1, 0.15) is 38.8 Å². The maximum absolute atomic E-state index is 12.1. The van der Waals surface area contributed by atoms with Crippen molar-refractivity contribution in [1.29, 1.82) is 0 Å². The van der Waals surface area contributed by atoms with Gasteiger partial charge in [-0.15, -0.1) is 0 Å². The van der Waals surface area contributed by atoms with Crippen molar-refractivity contribution in [1.82, 2.24) is 16.2 Å². The highest BCUT2D eigenvalue weighted by molar-refractivity contribution is 5.89. The number of carbonyl (C=O) groups is 3. The van der Waals surface area contributed by atoms with Crippen LogP contribution in [0.15, 0.2) is 18.2 Å². The summed E-state index contributed by atoms with van der Waals surface area (Å²) >= 11 is 0. The molecule has 2 atom stereocenters. The summed E-state index contributed by atoms with van der Waals surface area (Å²) in [6.07, 6.45) is -0.793. The van der Waals surface area contributed by atoms with Crippen LogP contribution in [0, 0.1) is 19.8 Å². The number of amides is 3. The van der Waals surface area contributed by atoms with Crippen LogP contribution in [-0.4, -0.2) is 29.9 Å². The van der Waals surface area contributed by atoms with Crippen molar-refractivity contribution in [2.24, 2.45) is 5.92 Å². The zero-order valence-corrected chi connectivity index (χ0v) is 15.6. The molecule has 0 unspecified atom stereocenters. The summed E-state index contributed by atoms with van der Waals surface area (Å²) in [5, 5.41) is 2.55. The molecule has 0 aromatic heterocycles. The number of ether oxygens (including phenoxy) is 1. The minimum atomic E-state index is -0.793. The Balaban J connectivity index is 2.61. The highest BCUT2D eigenvalue weighted by atomic mass is 16.5. The molecule has 0 saturated carbocycles. The number of nitrogens with one attached hydrogen (secondary N) is 3. The topological polar surface area (TPSA) is 96.5 Å². The fraction of sp³-hybridized carbons (Fsp3) is 0.500. The van der Waals surface area contributed by atoms with Crippen molar-refractivity contribution in [3.63, 3.8) is 0 Å². The third kappa shape index (κ3) is 6.10. The van der Waals surface area contributed by atoms with Crippen LogP contribution in [0.3, 0.4) is 0 Å². The average molecular weight is 349 g/mol. The Morgan fingerprint density at radius 1 is 1.00 bits per heavy atom. The number of hydrogen-bond donors (Lipinski definition) is 3. The van der Waals surface area contributed by atoms with Crippen LogP contribution in [0.2, 0.25) is 0 Å². The lowest BCUT2D eigenvalue weighted by molar-refractivity contribution is -0.135. The molecule has 3 N–H and O–H groups in total. The second-order valence-corrected chi connectivity index (χ2v) is 6.36. The van der Waals surface area contributed by atoms with E-state index in [1.165, 1.54) is 6.92 Å². The maximum Gasteiger partial charge on any atom is 0.279 e. The number of rotatable bonds is 6. The van der Waals surface area contributed by atoms with Crippen LogP contribution in [0.5, 0.6) is 5.75 Å². The van der Waals surface area contributed by atoms with Gasteiger partial charge in [0.25, 0.3) is 11.8 Å². The normalized spacial score (nSPS) is 12.9. The maximum atomic E-state index is 12.1. The van der Waals surface area contributed by atoms with Gasteiger partial charge in [0, 0.05) is 6.92 Å². The van der Waals surface area contributed by atoms with Crippen molar-refractivity contribution < 1.29 is 19.1 Å². The summed E-state index contributed by atoms with van der Waals surface area (Å²) in [6, 6.07) is 4.87. The van der Waals surface area contributed by atoms with Crippen molar-refractivity contribution in [3.05, 3.63) is 29.3 Å². The minimum Gasteiger partial charge on any atom is -0.481 e. The Bertz CT molecular complexity index is 643. The smallest absolute Gasteiger partial charge is 0.279 e. The summed E-state index contributed by atoms with van der Waals surface area (Å²) in [5.74, 6) is -0.791. The molecule has 0 aliphatic heterocycles. The molecule has 138 valence electrons. The van der Waals surface area contributed by atoms with Gasteiger partial charge in [-0.05, 0) is 43.9 Å². The van der Waals surface area contributed by atoms with Gasteiger partial charge in [-0.1, -0.05) is 26.0 Å². The van der Waals surface area contributed by atoms with E-state index >= 15 is 0 Å². The van der Waals surface area contributed by atoms with E-state index in [1.54, 1.807) is 26.8 Å². The molecular formula is C18H27N3O4. The first-order valence-electron chi connectivity index (χ1n) is 8.23. The first-order chi connectivity index (χ1) is 11.6. The van der Waals surface area contributed by atoms with Gasteiger partial charge in [0.1, 0.15) is 11.8 Å². The Kier molecular flexibility index (Phi) is 7.42. The molecule has 0 heterocycles. The van der Waals surface area contributed by atoms with Crippen molar-refractivity contribution >= 4 is 17.7 Å². The molecule has 0 saturated heterocycles. The van der Waals surface area contributed by atoms with Gasteiger partial charge < -0.3 is 10.1 Å². The SMILES string of the molecule is CC(=O)N[C@H](C(=O)NNC(=O)[C@@H](C)Oc1cccc(C)c1C)C(C)C. The van der Waals surface area contributed by atoms with Crippen LogP contribution in [0.25, 0.3) is 0 Å². The van der Waals surface area contributed by atoms with E-state index in [0.29, 0.717) is 5.75 Å². The zero-order valence-electron chi connectivity index (χ0n) is 15.6. The molecule has 0 spiro atoms. The highest BCUT2D eigenvalue weighted by Gasteiger charge is 2.24. The molecular weight excluding hydrogens is 322 g/mol. The van der Waals surface area contributed by atoms with E-state index < -0.39 is 24.0 Å². The molecule has 7 heteroatoms. The third-order valence-electron chi connectivity index (χ3n) is 3.84. The standard InChI is InChI=1S/C18H27N3O4/c1-10(2)16(19-14(6)22)18(24)21-20-17(23)13(5)25-15-9-7-8-11(3)12(15)4/h7-10,13,16H,1-6H3,(H,19,22)(H,20,23)(H,21,24)/t13-,16+/m1/s1. The number of aryl methyl sites for hydroxylation is 1. The lowest BCUT2D eigenvalue weighted by Crippen LogP contribution is -2.55. The van der Waals surface area contributed by atoms with Crippen molar-refractivity contribution in [2.45, 2.75) is 53.7 Å². The molecule has 0 fully saturated rings. The van der Waals surface area contributed by atoms with Gasteiger partial charge in [0.15, 0.2) is 6.10 Å². The fourth-order valence-corrected chi connectivity index (χ4v) is 2.15. The third-order valence-corrected chi connectivity index (χ3v) is 3.84. The van der Waals surface area contributed by atoms with E-state index in [0.717, 1.165) is 11.1 Å². The van der Waals surface area contributed by atoms with E-state index in [1.807, 2.05) is 26.0 Å². The van der Waals surface area contributed by atoms with Gasteiger partial charge in [0.2, 0.25) is 5.91 Å². The van der Waals surface area contributed by atoms with Gasteiger partial charge in [-0.3, -0.25) is 25.2 Å². The van der Waals surface area contributed by atoms with Crippen LogP contribution in [-0.2, 0) is 14.4 Å². The van der Waals surface area contributed by atoms with E-state index in [-0.39, 0.29) is 11.8 Å². The number of carbonyl (C=O) groups excluding carboxylic acids is 3. The summed E-state index contributed by atoms with van der Waals surface area (Å²) in [7, 11) is 0. The van der Waals surface area contributed by atoms with Gasteiger partial charge >= 0.3 is 0 Å². The Hall–Kier alpha value is -2.57. The molecule has 0 aliphatic rings. The lowest BCUT2D eigenvalue weighted by Gasteiger charge is -2.22. The molecule has 0 bridgehead atoms. The first-order valence-corrected chi connectivity index (χ1v) is 8.23. The molecule has 1 aromatic rings. The Morgan fingerprint density at radius 2 is 1.60 bits per heavy atom. The Labute approximate surface area is 148 Å². The predicted octanol–water partition coefficient (Wildman–Crippen LogP) is 1.38. The molecule has 1 rings (SSSR count). The van der Waals surface area contributed by atoms with Gasteiger partial charge in [-0.25, -0.2) is 0 Å². The lowest BCUT2D eigenvalue weighted by atomic mass is 10.0. The zero-order chi connectivity index (χ0) is 19.1. The summed E-state index contributed by atoms with van der Waals surface area (Å²) in [4.78, 5) is 35.4. The van der Waals surface area contributed by atoms with Crippen molar-refractivity contribution in [2.75, 3.05) is 0 Å². The van der Waals surface area contributed by atoms with Crippen molar-refractivity contribution in [3.8, 4) is 5.75 Å². The predicted molar refractivity (Wildman–Crippen MR) is 94.7 cm³/mol. The minimum absolute atomic E-state index is 0.121. The molecule has 7 nitrogen and oxygen atoms in total. The second kappa shape index (κ2) is 9.05. The number of benzene rings is 1. The number of hydrogen-bond acceptors (Lipinski definition) is 4. The highest BCUT2D eigenvalue weighted by Crippen LogP contribution is 2.21. The Morgan fingerprint density at radius 3 is 2.16 bits per heavy atom. The second-order valence-electron chi connectivity index (χ2n) is 6.36. The van der Waals surface area contributed by atoms with Crippen LogP contribution >= 0.6 is 0 Å². The average Bonchev–Trinajstić information content (AvgIpc) is 2.53. The summed E-state index contributed by atoms with van der Waals surface area (Å²) in [5.41, 5.74) is 6.68. The largest absolute Gasteiger partial charge is 0.481 e. The van der Waals surface area contributed by atoms with E-state index in [9.17, 15) is 14.4 Å². The molecule has 0 radical (unpaired) electrons. The quantitative estimate of drug-likeness (QED) is 0.676.